The minimum atomic E-state index is 0.401. The molecule has 0 unspecified atom stereocenters. The van der Waals surface area contributed by atoms with Crippen LogP contribution in [0, 0.1) is 0 Å². The number of hydrazine groups is 1. The number of carbonyl (C=O) groups excluding carboxylic acids is 2. The van der Waals surface area contributed by atoms with Crippen molar-refractivity contribution in [2.24, 2.45) is 15.7 Å². The highest BCUT2D eigenvalue weighted by atomic mass is 16.5. The van der Waals surface area contributed by atoms with E-state index >= 15 is 0 Å². The van der Waals surface area contributed by atoms with E-state index in [-0.39, 0.29) is 0 Å². The molecule has 10 nitrogen and oxygen atoms in total. The Bertz CT molecular complexity index is 1580. The molecule has 0 aromatic heterocycles. The van der Waals surface area contributed by atoms with Gasteiger partial charge in [-0.1, -0.05) is 62.4 Å². The maximum atomic E-state index is 12.1. The monoisotopic (exact) mass is 625 g/mol. The van der Waals surface area contributed by atoms with E-state index in [2.05, 4.69) is 48.2 Å². The molecule has 10 heteroatoms. The molecule has 0 atom stereocenters. The van der Waals surface area contributed by atoms with Crippen LogP contribution in [0.25, 0.3) is 5.57 Å². The zero-order chi connectivity index (χ0) is 34.2. The van der Waals surface area contributed by atoms with E-state index in [9.17, 15) is 9.59 Å². The number of hydrogen-bond acceptors (Lipinski definition) is 9. The molecule has 46 heavy (non-hydrogen) atoms. The Hall–Kier alpha value is -5.34. The van der Waals surface area contributed by atoms with Gasteiger partial charge in [-0.2, -0.15) is 0 Å². The fourth-order valence-electron chi connectivity index (χ4n) is 4.40. The molecule has 0 spiro atoms. The van der Waals surface area contributed by atoms with Crippen molar-refractivity contribution in [1.82, 2.24) is 20.7 Å². The number of allylic oxidation sites excluding steroid dienone is 9. The summed E-state index contributed by atoms with van der Waals surface area (Å²) in [6.45, 7) is 14.4. The quantitative estimate of drug-likeness (QED) is 0.0963. The van der Waals surface area contributed by atoms with Gasteiger partial charge >= 0.3 is 0 Å². The molecule has 1 amide bonds. The molecule has 0 saturated heterocycles. The molecule has 0 fully saturated rings. The largest absolute Gasteiger partial charge is 0.494 e. The summed E-state index contributed by atoms with van der Waals surface area (Å²) >= 11 is 0. The molecule has 4 N–H and O–H groups in total. The first-order valence-corrected chi connectivity index (χ1v) is 15.0. The van der Waals surface area contributed by atoms with E-state index in [0.717, 1.165) is 40.7 Å². The van der Waals surface area contributed by atoms with E-state index in [0.29, 0.717) is 53.0 Å². The molecule has 244 valence electrons. The lowest BCUT2D eigenvalue weighted by Crippen LogP contribution is -2.43. The normalized spacial score (nSPS) is 15.9. The van der Waals surface area contributed by atoms with Gasteiger partial charge in [-0.05, 0) is 50.8 Å². The second-order valence-electron chi connectivity index (χ2n) is 10.6. The number of carbonyl (C=O) groups is 1. The van der Waals surface area contributed by atoms with Crippen molar-refractivity contribution < 1.29 is 14.3 Å². The van der Waals surface area contributed by atoms with Crippen LogP contribution in [-0.2, 0) is 9.59 Å². The Morgan fingerprint density at radius 2 is 1.98 bits per heavy atom. The molecular weight excluding hydrogens is 578 g/mol. The SMILES string of the molecule is C=C1C(=Nc2cccc(C(/C=C/CC)=C/C=C(\C)C(=C=O)N(C)C/C(C=NC)=C(\C)N)c2OC)C=C(NC=O)NN1/C=C(/C)CC. The maximum Gasteiger partial charge on any atom is 0.212 e. The Morgan fingerprint density at radius 3 is 2.57 bits per heavy atom. The van der Waals surface area contributed by atoms with E-state index in [4.69, 9.17) is 15.5 Å². The van der Waals surface area contributed by atoms with E-state index in [1.165, 1.54) is 0 Å². The Kier molecular flexibility index (Phi) is 14.8. The second kappa shape index (κ2) is 18.5. The van der Waals surface area contributed by atoms with Gasteiger partial charge in [0, 0.05) is 56.0 Å². The van der Waals surface area contributed by atoms with Gasteiger partial charge in [-0.3, -0.25) is 20.2 Å². The number of hydrogen-bond donors (Lipinski definition) is 3. The molecule has 0 radical (unpaired) electrons. The molecule has 1 heterocycles. The van der Waals surface area contributed by atoms with Gasteiger partial charge in [0.15, 0.2) is 11.7 Å². The summed E-state index contributed by atoms with van der Waals surface area (Å²) in [4.78, 5) is 34.1. The zero-order valence-electron chi connectivity index (χ0n) is 28.3. The minimum Gasteiger partial charge on any atom is -0.494 e. The van der Waals surface area contributed by atoms with Gasteiger partial charge in [0.25, 0.3) is 0 Å². The van der Waals surface area contributed by atoms with Crippen molar-refractivity contribution in [1.29, 1.82) is 0 Å². The number of rotatable bonds is 15. The summed E-state index contributed by atoms with van der Waals surface area (Å²) in [6.07, 6.45) is 15.5. The third-order valence-corrected chi connectivity index (χ3v) is 7.08. The third-order valence-electron chi connectivity index (χ3n) is 7.08. The van der Waals surface area contributed by atoms with Crippen LogP contribution in [0.2, 0.25) is 0 Å². The van der Waals surface area contributed by atoms with Crippen LogP contribution in [0.5, 0.6) is 5.75 Å². The first kappa shape index (κ1) is 36.8. The molecule has 1 aliphatic rings. The Balaban J connectivity index is 2.64. The summed E-state index contributed by atoms with van der Waals surface area (Å²) in [7, 11) is 5.10. The zero-order valence-corrected chi connectivity index (χ0v) is 28.3. The van der Waals surface area contributed by atoms with Gasteiger partial charge in [-0.25, -0.2) is 9.79 Å². The number of ether oxygens (including phenoxy) is 1. The fourth-order valence-corrected chi connectivity index (χ4v) is 4.40. The van der Waals surface area contributed by atoms with Crippen LogP contribution in [0.3, 0.4) is 0 Å². The Morgan fingerprint density at radius 1 is 1.24 bits per heavy atom. The third kappa shape index (κ3) is 10.1. The number of nitrogens with zero attached hydrogens (tertiary/aromatic N) is 4. The summed E-state index contributed by atoms with van der Waals surface area (Å²) < 4.78 is 5.93. The number of methoxy groups -OCH3 is 1. The average molecular weight is 626 g/mol. The molecule has 0 aliphatic carbocycles. The number of amides is 1. The van der Waals surface area contributed by atoms with Gasteiger partial charge in [0.2, 0.25) is 6.41 Å². The van der Waals surface area contributed by atoms with E-state index < -0.39 is 0 Å². The lowest BCUT2D eigenvalue weighted by molar-refractivity contribution is -0.109. The molecule has 2 rings (SSSR count). The summed E-state index contributed by atoms with van der Waals surface area (Å²) in [5.74, 6) is 3.09. The van der Waals surface area contributed by atoms with Crippen LogP contribution in [-0.4, -0.2) is 61.9 Å². The molecule has 1 aliphatic heterocycles. The van der Waals surface area contributed by atoms with Gasteiger partial charge < -0.3 is 20.7 Å². The van der Waals surface area contributed by atoms with Gasteiger partial charge in [-0.15, -0.1) is 0 Å². The van der Waals surface area contributed by atoms with Crippen molar-refractivity contribution in [2.45, 2.75) is 47.5 Å². The topological polar surface area (TPSA) is 125 Å². The minimum absolute atomic E-state index is 0.401. The average Bonchev–Trinajstić information content (AvgIpc) is 3.03. The molecule has 1 aromatic carbocycles. The maximum absolute atomic E-state index is 12.1. The standard InChI is InChI=1S/C36H47N7O3/c1-10-12-14-29(18-17-26(4)34(23-44)42(8)22-30(20-38-7)27(5)37)31-15-13-16-32(36(31)46-9)40-33-19-35(39-24-45)41-43(28(33)6)21-25(3)11-2/h12-21,24,41H,6,10-11,22,37H2,1-5,7-9H3,(H,39,45)/b14-12+,25-21-,26-17+,29-18+,30-27+,38-20?,40-33?. The molecule has 0 saturated carbocycles. The van der Waals surface area contributed by atoms with Gasteiger partial charge in [0.1, 0.15) is 17.2 Å². The smallest absolute Gasteiger partial charge is 0.212 e. The summed E-state index contributed by atoms with van der Waals surface area (Å²) in [5, 5.41) is 4.40. The molecule has 1 aromatic rings. The number of nitrogens with two attached hydrogens (primary N) is 1. The first-order chi connectivity index (χ1) is 22.0. The number of likely N-dealkylation sites (N-methyl/N-ethyl adjacent to an activating group) is 1. The van der Waals surface area contributed by atoms with Gasteiger partial charge in [0.05, 0.1) is 18.5 Å². The van der Waals surface area contributed by atoms with E-state index in [1.807, 2.05) is 63.5 Å². The van der Waals surface area contributed by atoms with Crippen LogP contribution >= 0.6 is 0 Å². The first-order valence-electron chi connectivity index (χ1n) is 15.0. The number of aliphatic imine (C=N–C) groups is 2. The Labute approximate surface area is 273 Å². The van der Waals surface area contributed by atoms with Crippen LogP contribution in [0.1, 0.15) is 53.0 Å². The highest BCUT2D eigenvalue weighted by molar-refractivity contribution is 6.10. The lowest BCUT2D eigenvalue weighted by Gasteiger charge is -2.30. The predicted molar refractivity (Wildman–Crippen MR) is 190 cm³/mol. The predicted octanol–water partition coefficient (Wildman–Crippen LogP) is 5.88. The van der Waals surface area contributed by atoms with Crippen LogP contribution < -0.4 is 21.2 Å². The summed E-state index contributed by atoms with van der Waals surface area (Å²) in [6, 6.07) is 5.72. The number of para-hydroxylation sites is 1. The fraction of sp³-hybridized carbons (Fsp3) is 0.306. The van der Waals surface area contributed by atoms with Crippen LogP contribution in [0.15, 0.2) is 111 Å². The second-order valence-corrected chi connectivity index (χ2v) is 10.6. The number of nitrogens with one attached hydrogen (secondary N) is 2. The van der Waals surface area contributed by atoms with Crippen molar-refractivity contribution in [3.8, 4) is 5.75 Å². The van der Waals surface area contributed by atoms with Crippen LogP contribution in [0.4, 0.5) is 5.69 Å². The molecular formula is C36H47N7O3. The lowest BCUT2D eigenvalue weighted by atomic mass is 10.0. The van der Waals surface area contributed by atoms with Crippen molar-refractivity contribution in [3.05, 3.63) is 107 Å². The van der Waals surface area contributed by atoms with E-state index in [1.54, 1.807) is 43.3 Å². The highest BCUT2D eigenvalue weighted by Crippen LogP contribution is 2.37. The highest BCUT2D eigenvalue weighted by Gasteiger charge is 2.20. The summed E-state index contributed by atoms with van der Waals surface area (Å²) in [5.41, 5.74) is 16.2. The van der Waals surface area contributed by atoms with Crippen molar-refractivity contribution in [3.63, 3.8) is 0 Å². The van der Waals surface area contributed by atoms with Crippen molar-refractivity contribution >= 4 is 35.5 Å². The van der Waals surface area contributed by atoms with Crippen molar-refractivity contribution in [2.75, 3.05) is 27.7 Å². The number of benzene rings is 1. The molecule has 0 bridgehead atoms.